The molecule has 0 saturated carbocycles. The number of hydrogen-bond acceptors (Lipinski definition) is 4. The van der Waals surface area contributed by atoms with Gasteiger partial charge in [0, 0.05) is 35.3 Å². The largest absolute Gasteiger partial charge is 0.305 e. The number of amides is 1. The van der Waals surface area contributed by atoms with Gasteiger partial charge in [-0.3, -0.25) is 9.78 Å². The second kappa shape index (κ2) is 6.13. The summed E-state index contributed by atoms with van der Waals surface area (Å²) in [5, 5.41) is 4.55. The number of pyridine rings is 1. The van der Waals surface area contributed by atoms with Gasteiger partial charge in [-0.15, -0.1) is 11.8 Å². The van der Waals surface area contributed by atoms with Crippen LogP contribution in [0, 0.1) is 0 Å². The van der Waals surface area contributed by atoms with Gasteiger partial charge in [0.15, 0.2) is 0 Å². The maximum Gasteiger partial charge on any atom is 0.277 e. The molecular formula is C18H16N4OS. The lowest BCUT2D eigenvalue weighted by Gasteiger charge is -2.32. The molecule has 3 heterocycles. The number of thioether (sulfide) groups is 1. The summed E-state index contributed by atoms with van der Waals surface area (Å²) in [5.41, 5.74) is 2.21. The van der Waals surface area contributed by atoms with Gasteiger partial charge in [0.25, 0.3) is 5.91 Å². The second-order valence-electron chi connectivity index (χ2n) is 5.66. The summed E-state index contributed by atoms with van der Waals surface area (Å²) in [5.74, 6) is -0.0800. The lowest BCUT2D eigenvalue weighted by molar-refractivity contribution is 0.0981. The van der Waals surface area contributed by atoms with Crippen molar-refractivity contribution in [3.05, 3.63) is 66.7 Å². The molecule has 0 spiro atoms. The van der Waals surface area contributed by atoms with E-state index in [0.29, 0.717) is 17.5 Å². The Hall–Kier alpha value is -2.60. The van der Waals surface area contributed by atoms with Crippen LogP contribution in [0.3, 0.4) is 0 Å². The van der Waals surface area contributed by atoms with Crippen LogP contribution < -0.4 is 4.90 Å². The number of anilines is 1. The fourth-order valence-electron chi connectivity index (χ4n) is 2.82. The molecule has 1 aliphatic rings. The van der Waals surface area contributed by atoms with Crippen LogP contribution in [-0.2, 0) is 0 Å². The number of rotatable bonds is 2. The van der Waals surface area contributed by atoms with Crippen molar-refractivity contribution in [2.24, 2.45) is 0 Å². The highest BCUT2D eigenvalue weighted by Gasteiger charge is 2.28. The highest BCUT2D eigenvalue weighted by Crippen LogP contribution is 2.38. The number of fused-ring (bicyclic) bond motifs is 1. The van der Waals surface area contributed by atoms with Crippen molar-refractivity contribution in [2.75, 3.05) is 11.4 Å². The molecule has 1 atom stereocenters. The minimum atomic E-state index is -0.0800. The van der Waals surface area contributed by atoms with Gasteiger partial charge >= 0.3 is 0 Å². The van der Waals surface area contributed by atoms with Crippen molar-refractivity contribution in [3.8, 4) is 5.69 Å². The molecule has 1 aromatic carbocycles. The Morgan fingerprint density at radius 2 is 2.08 bits per heavy atom. The van der Waals surface area contributed by atoms with E-state index < -0.39 is 0 Å². The Bertz CT molecular complexity index is 878. The normalized spacial score (nSPS) is 16.7. The van der Waals surface area contributed by atoms with Gasteiger partial charge in [-0.25, -0.2) is 4.68 Å². The summed E-state index contributed by atoms with van der Waals surface area (Å²) in [6.07, 6.45) is 5.21. The monoisotopic (exact) mass is 336 g/mol. The second-order valence-corrected chi connectivity index (χ2v) is 7.14. The van der Waals surface area contributed by atoms with Crippen LogP contribution in [-0.4, -0.2) is 32.5 Å². The fourth-order valence-corrected chi connectivity index (χ4v) is 3.93. The number of para-hydroxylation sites is 1. The first-order valence-electron chi connectivity index (χ1n) is 7.76. The van der Waals surface area contributed by atoms with Crippen molar-refractivity contribution in [1.82, 2.24) is 14.8 Å². The molecule has 0 aliphatic carbocycles. The first-order valence-corrected chi connectivity index (χ1v) is 8.64. The summed E-state index contributed by atoms with van der Waals surface area (Å²) >= 11 is 1.80. The lowest BCUT2D eigenvalue weighted by atomic mass is 10.2. The Morgan fingerprint density at radius 1 is 1.21 bits per heavy atom. The van der Waals surface area contributed by atoms with Crippen molar-refractivity contribution < 1.29 is 4.79 Å². The van der Waals surface area contributed by atoms with Crippen LogP contribution in [0.4, 0.5) is 5.69 Å². The van der Waals surface area contributed by atoms with E-state index in [1.807, 2.05) is 41.4 Å². The Labute approximate surface area is 144 Å². The number of benzene rings is 1. The first-order chi connectivity index (χ1) is 11.7. The summed E-state index contributed by atoms with van der Waals surface area (Å²) < 4.78 is 1.72. The van der Waals surface area contributed by atoms with Gasteiger partial charge in [-0.1, -0.05) is 19.1 Å². The van der Waals surface area contributed by atoms with E-state index in [-0.39, 0.29) is 5.91 Å². The third kappa shape index (κ3) is 2.69. The molecule has 5 nitrogen and oxygen atoms in total. The predicted octanol–water partition coefficient (Wildman–Crippen LogP) is 3.41. The molecule has 0 saturated heterocycles. The molecule has 1 amide bonds. The van der Waals surface area contributed by atoms with E-state index >= 15 is 0 Å². The van der Waals surface area contributed by atoms with Crippen molar-refractivity contribution in [1.29, 1.82) is 0 Å². The lowest BCUT2D eigenvalue weighted by Crippen LogP contribution is -2.39. The number of carbonyl (C=O) groups is 1. The van der Waals surface area contributed by atoms with Crippen LogP contribution in [0.1, 0.15) is 17.4 Å². The highest BCUT2D eigenvalue weighted by molar-refractivity contribution is 8.00. The van der Waals surface area contributed by atoms with Crippen LogP contribution in [0.15, 0.2) is 66.0 Å². The first kappa shape index (κ1) is 15.0. The van der Waals surface area contributed by atoms with Crippen LogP contribution in [0.2, 0.25) is 0 Å². The quantitative estimate of drug-likeness (QED) is 0.720. The summed E-state index contributed by atoms with van der Waals surface area (Å²) in [6, 6.07) is 13.5. The van der Waals surface area contributed by atoms with Gasteiger partial charge in [0.05, 0.1) is 11.4 Å². The zero-order valence-electron chi connectivity index (χ0n) is 13.2. The maximum absolute atomic E-state index is 13.1. The van der Waals surface area contributed by atoms with E-state index in [0.717, 1.165) is 16.3 Å². The Morgan fingerprint density at radius 3 is 2.92 bits per heavy atom. The Balaban J connectivity index is 1.71. The molecule has 24 heavy (non-hydrogen) atoms. The van der Waals surface area contributed by atoms with Gasteiger partial charge in [0.2, 0.25) is 0 Å². The van der Waals surface area contributed by atoms with Crippen LogP contribution in [0.25, 0.3) is 5.69 Å². The zero-order valence-corrected chi connectivity index (χ0v) is 14.0. The maximum atomic E-state index is 13.1. The third-order valence-corrected chi connectivity index (χ3v) is 5.05. The van der Waals surface area contributed by atoms with Crippen LogP contribution >= 0.6 is 11.8 Å². The molecule has 0 fully saturated rings. The average molecular weight is 336 g/mol. The standard InChI is InChI=1S/C18H16N4OS/c1-13-12-21(16-5-2-3-6-17(16)24-13)18(23)15-11-14(7-9-19-15)22-10-4-8-20-22/h2-11,13H,12H2,1H3/t13-/m1/s1. The molecule has 6 heteroatoms. The molecular weight excluding hydrogens is 320 g/mol. The topological polar surface area (TPSA) is 51.0 Å². The molecule has 4 rings (SSSR count). The minimum absolute atomic E-state index is 0.0800. The van der Waals surface area contributed by atoms with E-state index in [1.165, 1.54) is 0 Å². The van der Waals surface area contributed by atoms with Gasteiger partial charge in [-0.2, -0.15) is 5.10 Å². The van der Waals surface area contributed by atoms with E-state index in [2.05, 4.69) is 23.1 Å². The third-order valence-electron chi connectivity index (χ3n) is 3.90. The van der Waals surface area contributed by atoms with E-state index in [4.69, 9.17) is 0 Å². The molecule has 0 unspecified atom stereocenters. The van der Waals surface area contributed by atoms with Crippen molar-refractivity contribution in [2.45, 2.75) is 17.1 Å². The smallest absolute Gasteiger partial charge is 0.277 e. The number of aromatic nitrogens is 3. The van der Waals surface area contributed by atoms with Gasteiger partial charge in [0.1, 0.15) is 5.69 Å². The SMILES string of the molecule is C[C@@H]1CN(C(=O)c2cc(-n3cccn3)ccn2)c2ccccc2S1. The van der Waals surface area contributed by atoms with Gasteiger partial charge in [-0.05, 0) is 30.3 Å². The summed E-state index contributed by atoms with van der Waals surface area (Å²) in [4.78, 5) is 20.3. The molecule has 120 valence electrons. The average Bonchev–Trinajstić information content (AvgIpc) is 3.15. The Kier molecular flexibility index (Phi) is 3.82. The zero-order chi connectivity index (χ0) is 16.5. The highest BCUT2D eigenvalue weighted by atomic mass is 32.2. The molecule has 1 aliphatic heterocycles. The van der Waals surface area contributed by atoms with E-state index in [9.17, 15) is 4.79 Å². The molecule has 0 bridgehead atoms. The fraction of sp³-hybridized carbons (Fsp3) is 0.167. The predicted molar refractivity (Wildman–Crippen MR) is 94.8 cm³/mol. The molecule has 2 aromatic heterocycles. The molecule has 0 radical (unpaired) electrons. The number of carbonyl (C=O) groups excluding carboxylic acids is 1. The summed E-state index contributed by atoms with van der Waals surface area (Å²) in [7, 11) is 0. The van der Waals surface area contributed by atoms with Gasteiger partial charge < -0.3 is 4.90 Å². The number of nitrogens with zero attached hydrogens (tertiary/aromatic N) is 4. The van der Waals surface area contributed by atoms with Crippen molar-refractivity contribution >= 4 is 23.4 Å². The van der Waals surface area contributed by atoms with E-state index in [1.54, 1.807) is 34.9 Å². The van der Waals surface area contributed by atoms with Crippen LogP contribution in [0.5, 0.6) is 0 Å². The molecule has 0 N–H and O–H groups in total. The summed E-state index contributed by atoms with van der Waals surface area (Å²) in [6.45, 7) is 2.81. The molecule has 3 aromatic rings. The minimum Gasteiger partial charge on any atom is -0.305 e. The van der Waals surface area contributed by atoms with Crippen molar-refractivity contribution in [3.63, 3.8) is 0 Å². The number of hydrogen-bond donors (Lipinski definition) is 0.